The largest absolute Gasteiger partial charge is 0.462 e. The maximum absolute atomic E-state index is 13.3. The van der Waals surface area contributed by atoms with Crippen LogP contribution in [0.5, 0.6) is 0 Å². The number of ketones is 1. The van der Waals surface area contributed by atoms with Gasteiger partial charge in [-0.25, -0.2) is 4.79 Å². The highest BCUT2D eigenvalue weighted by Gasteiger charge is 2.28. The third-order valence-electron chi connectivity index (χ3n) is 3.85. The Balaban J connectivity index is 2.25. The molecule has 0 saturated heterocycles. The fourth-order valence-electron chi connectivity index (χ4n) is 2.71. The molecule has 0 radical (unpaired) electrons. The zero-order valence-corrected chi connectivity index (χ0v) is 16.2. The molecular weight excluding hydrogens is 364 g/mol. The predicted molar refractivity (Wildman–Crippen MR) is 107 cm³/mol. The summed E-state index contributed by atoms with van der Waals surface area (Å²) in [4.78, 5) is 26.3. The molecule has 0 aliphatic heterocycles. The van der Waals surface area contributed by atoms with Gasteiger partial charge < -0.3 is 4.74 Å². The number of esters is 1. The number of carbonyl (C=O) groups is 2. The second kappa shape index (κ2) is 8.34. The number of hydrogen-bond acceptors (Lipinski definition) is 5. The Kier molecular flexibility index (Phi) is 5.91. The molecule has 0 atom stereocenters. The first kappa shape index (κ1) is 18.4. The van der Waals surface area contributed by atoms with Crippen LogP contribution in [0.4, 0.5) is 0 Å². The molecule has 3 aromatic rings. The Labute approximate surface area is 161 Å². The van der Waals surface area contributed by atoms with Crippen molar-refractivity contribution < 1.29 is 14.3 Å². The lowest BCUT2D eigenvalue weighted by Crippen LogP contribution is -2.07. The van der Waals surface area contributed by atoms with Crippen molar-refractivity contribution in [3.05, 3.63) is 76.7 Å². The SMILES string of the molecule is CCOC(=O)c1sc(SC)c(C(=O)c2ccccc2)c1-c1ccccc1. The van der Waals surface area contributed by atoms with Crippen molar-refractivity contribution >= 4 is 34.9 Å². The zero-order chi connectivity index (χ0) is 18.5. The monoisotopic (exact) mass is 382 g/mol. The van der Waals surface area contributed by atoms with Crippen molar-refractivity contribution in [2.75, 3.05) is 12.9 Å². The first-order valence-electron chi connectivity index (χ1n) is 8.20. The Morgan fingerprint density at radius 3 is 2.19 bits per heavy atom. The number of carbonyl (C=O) groups excluding carboxylic acids is 2. The first-order valence-corrected chi connectivity index (χ1v) is 10.2. The molecule has 0 N–H and O–H groups in total. The van der Waals surface area contributed by atoms with E-state index in [9.17, 15) is 9.59 Å². The topological polar surface area (TPSA) is 43.4 Å². The zero-order valence-electron chi connectivity index (χ0n) is 14.5. The lowest BCUT2D eigenvalue weighted by molar-refractivity contribution is 0.0533. The van der Waals surface area contributed by atoms with Gasteiger partial charge in [-0.05, 0) is 18.7 Å². The molecule has 26 heavy (non-hydrogen) atoms. The van der Waals surface area contributed by atoms with Crippen LogP contribution in [0, 0.1) is 0 Å². The molecule has 0 aliphatic rings. The number of ether oxygens (including phenoxy) is 1. The van der Waals surface area contributed by atoms with E-state index in [1.165, 1.54) is 23.1 Å². The molecule has 0 aliphatic carbocycles. The van der Waals surface area contributed by atoms with E-state index in [1.54, 1.807) is 19.1 Å². The van der Waals surface area contributed by atoms with Crippen molar-refractivity contribution in [3.8, 4) is 11.1 Å². The van der Waals surface area contributed by atoms with Crippen molar-refractivity contribution in [1.29, 1.82) is 0 Å². The summed E-state index contributed by atoms with van der Waals surface area (Å²) in [6, 6.07) is 18.7. The quantitative estimate of drug-likeness (QED) is 0.319. The number of rotatable bonds is 6. The van der Waals surface area contributed by atoms with Crippen LogP contribution < -0.4 is 0 Å². The van der Waals surface area contributed by atoms with Crippen molar-refractivity contribution in [2.45, 2.75) is 11.1 Å². The predicted octanol–water partition coefficient (Wildman–Crippen LogP) is 5.54. The van der Waals surface area contributed by atoms with Crippen LogP contribution in [0.3, 0.4) is 0 Å². The van der Waals surface area contributed by atoms with Gasteiger partial charge in [-0.2, -0.15) is 0 Å². The molecule has 5 heteroatoms. The third-order valence-corrected chi connectivity index (χ3v) is 6.14. The molecule has 3 nitrogen and oxygen atoms in total. The van der Waals surface area contributed by atoms with Gasteiger partial charge in [0.25, 0.3) is 0 Å². The standard InChI is InChI=1S/C21H18O3S2/c1-3-24-20(23)19-16(14-10-6-4-7-11-14)17(21(25-2)26-19)18(22)15-12-8-5-9-13-15/h4-13H,3H2,1-2H3. The van der Waals surface area contributed by atoms with Gasteiger partial charge in [0, 0.05) is 11.1 Å². The number of thioether (sulfide) groups is 1. The van der Waals surface area contributed by atoms with Gasteiger partial charge >= 0.3 is 5.97 Å². The molecule has 0 saturated carbocycles. The van der Waals surface area contributed by atoms with Gasteiger partial charge in [0.1, 0.15) is 4.88 Å². The lowest BCUT2D eigenvalue weighted by atomic mass is 9.96. The van der Waals surface area contributed by atoms with Crippen LogP contribution in [0.25, 0.3) is 11.1 Å². The molecule has 0 fully saturated rings. The summed E-state index contributed by atoms with van der Waals surface area (Å²) < 4.78 is 6.06. The Hall–Kier alpha value is -2.37. The van der Waals surface area contributed by atoms with Crippen LogP contribution in [0.2, 0.25) is 0 Å². The molecule has 0 amide bonds. The highest BCUT2D eigenvalue weighted by atomic mass is 32.2. The Bertz CT molecular complexity index is 915. The van der Waals surface area contributed by atoms with Crippen LogP contribution in [0.15, 0.2) is 64.9 Å². The van der Waals surface area contributed by atoms with E-state index < -0.39 is 5.97 Å². The van der Waals surface area contributed by atoms with Crippen molar-refractivity contribution in [2.24, 2.45) is 0 Å². The average molecular weight is 383 g/mol. The smallest absolute Gasteiger partial charge is 0.348 e. The van der Waals surface area contributed by atoms with E-state index in [-0.39, 0.29) is 5.78 Å². The van der Waals surface area contributed by atoms with Crippen LogP contribution in [-0.4, -0.2) is 24.6 Å². The fourth-order valence-corrected chi connectivity index (χ4v) is 4.64. The second-order valence-corrected chi connectivity index (χ2v) is 7.55. The molecule has 3 rings (SSSR count). The number of benzene rings is 2. The lowest BCUT2D eigenvalue weighted by Gasteiger charge is -2.08. The molecule has 132 valence electrons. The maximum atomic E-state index is 13.3. The van der Waals surface area contributed by atoms with Crippen molar-refractivity contribution in [1.82, 2.24) is 0 Å². The summed E-state index contributed by atoms with van der Waals surface area (Å²) in [7, 11) is 0. The van der Waals surface area contributed by atoms with E-state index in [0.29, 0.717) is 28.2 Å². The molecule has 1 aromatic heterocycles. The number of thiophene rings is 1. The molecular formula is C21H18O3S2. The summed E-state index contributed by atoms with van der Waals surface area (Å²) in [5.41, 5.74) is 2.68. The van der Waals surface area contributed by atoms with Gasteiger partial charge in [0.05, 0.1) is 16.4 Å². The Morgan fingerprint density at radius 2 is 1.62 bits per heavy atom. The van der Waals surface area contributed by atoms with E-state index >= 15 is 0 Å². The third kappa shape index (κ3) is 3.59. The van der Waals surface area contributed by atoms with Gasteiger partial charge in [0.15, 0.2) is 5.78 Å². The number of hydrogen-bond donors (Lipinski definition) is 0. The molecule has 0 spiro atoms. The van der Waals surface area contributed by atoms with E-state index in [0.717, 1.165) is 9.77 Å². The highest BCUT2D eigenvalue weighted by molar-refractivity contribution is 8.00. The fraction of sp³-hybridized carbons (Fsp3) is 0.143. The van der Waals surface area contributed by atoms with E-state index in [2.05, 4.69) is 0 Å². The Morgan fingerprint density at radius 1 is 1.00 bits per heavy atom. The summed E-state index contributed by atoms with van der Waals surface area (Å²) in [6.45, 7) is 2.07. The van der Waals surface area contributed by atoms with Gasteiger partial charge in [-0.1, -0.05) is 60.7 Å². The normalized spacial score (nSPS) is 10.5. The van der Waals surface area contributed by atoms with E-state index in [4.69, 9.17) is 4.74 Å². The summed E-state index contributed by atoms with van der Waals surface area (Å²) in [6.07, 6.45) is 1.91. The van der Waals surface area contributed by atoms with Gasteiger partial charge in [0.2, 0.25) is 0 Å². The molecule has 0 unspecified atom stereocenters. The minimum absolute atomic E-state index is 0.0828. The summed E-state index contributed by atoms with van der Waals surface area (Å²) in [5.74, 6) is -0.473. The van der Waals surface area contributed by atoms with E-state index in [1.807, 2.05) is 54.8 Å². The van der Waals surface area contributed by atoms with Crippen LogP contribution in [-0.2, 0) is 4.74 Å². The molecule has 1 heterocycles. The van der Waals surface area contributed by atoms with Gasteiger partial charge in [-0.3, -0.25) is 4.79 Å². The maximum Gasteiger partial charge on any atom is 0.348 e. The van der Waals surface area contributed by atoms with Crippen molar-refractivity contribution in [3.63, 3.8) is 0 Å². The molecule has 2 aromatic carbocycles. The van der Waals surface area contributed by atoms with Crippen LogP contribution >= 0.6 is 23.1 Å². The minimum atomic E-state index is -0.390. The first-order chi connectivity index (χ1) is 12.7. The summed E-state index contributed by atoms with van der Waals surface area (Å²) >= 11 is 2.79. The highest BCUT2D eigenvalue weighted by Crippen LogP contribution is 2.42. The average Bonchev–Trinajstić information content (AvgIpc) is 3.08. The second-order valence-electron chi connectivity index (χ2n) is 5.45. The molecule has 0 bridgehead atoms. The summed E-state index contributed by atoms with van der Waals surface area (Å²) in [5, 5.41) is 0. The van der Waals surface area contributed by atoms with Crippen LogP contribution in [0.1, 0.15) is 32.5 Å². The van der Waals surface area contributed by atoms with Gasteiger partial charge in [-0.15, -0.1) is 23.1 Å². The minimum Gasteiger partial charge on any atom is -0.462 e.